The normalized spacial score (nSPS) is 23.9. The van der Waals surface area contributed by atoms with E-state index < -0.39 is 0 Å². The Kier molecular flexibility index (Phi) is 4.04. The second-order valence-electron chi connectivity index (χ2n) is 5.69. The molecule has 1 heterocycles. The summed E-state index contributed by atoms with van der Waals surface area (Å²) >= 11 is 0. The fourth-order valence-electron chi connectivity index (χ4n) is 3.11. The molecule has 2 N–H and O–H groups in total. The summed E-state index contributed by atoms with van der Waals surface area (Å²) in [7, 11) is 0. The van der Waals surface area contributed by atoms with Crippen molar-refractivity contribution in [3.8, 4) is 5.75 Å². The average molecular weight is 261 g/mol. The minimum Gasteiger partial charge on any atom is -0.493 e. The molecule has 2 aliphatic rings. The summed E-state index contributed by atoms with van der Waals surface area (Å²) in [5.74, 6) is 1.70. The molecule has 3 rings (SSSR count). The largest absolute Gasteiger partial charge is 0.493 e. The molecule has 1 fully saturated rings. The van der Waals surface area contributed by atoms with Gasteiger partial charge in [-0.1, -0.05) is 12.1 Å². The zero-order valence-corrected chi connectivity index (χ0v) is 11.4. The van der Waals surface area contributed by atoms with Crippen molar-refractivity contribution in [3.05, 3.63) is 29.3 Å². The second kappa shape index (κ2) is 5.93. The summed E-state index contributed by atoms with van der Waals surface area (Å²) in [4.78, 5) is 0. The highest BCUT2D eigenvalue weighted by atomic mass is 16.5. The SMILES string of the molecule is NC1CCCc2c(OCC3CCOCC3)cccc21. The van der Waals surface area contributed by atoms with E-state index in [9.17, 15) is 0 Å². The van der Waals surface area contributed by atoms with Crippen molar-refractivity contribution >= 4 is 0 Å². The highest BCUT2D eigenvalue weighted by Crippen LogP contribution is 2.34. The van der Waals surface area contributed by atoms with Crippen LogP contribution in [0.5, 0.6) is 5.75 Å². The van der Waals surface area contributed by atoms with E-state index in [0.29, 0.717) is 5.92 Å². The number of hydrogen-bond acceptors (Lipinski definition) is 3. The van der Waals surface area contributed by atoms with Crippen molar-refractivity contribution in [1.29, 1.82) is 0 Å². The molecule has 0 spiro atoms. The van der Waals surface area contributed by atoms with Crippen LogP contribution in [0.15, 0.2) is 18.2 Å². The van der Waals surface area contributed by atoms with Gasteiger partial charge in [0.15, 0.2) is 0 Å². The van der Waals surface area contributed by atoms with Gasteiger partial charge in [0.1, 0.15) is 5.75 Å². The lowest BCUT2D eigenvalue weighted by Gasteiger charge is -2.26. The van der Waals surface area contributed by atoms with Crippen LogP contribution >= 0.6 is 0 Å². The molecule has 0 bridgehead atoms. The predicted octanol–water partition coefficient (Wildman–Crippen LogP) is 2.83. The van der Waals surface area contributed by atoms with E-state index in [1.54, 1.807) is 0 Å². The first kappa shape index (κ1) is 12.9. The summed E-state index contributed by atoms with van der Waals surface area (Å²) in [6, 6.07) is 6.51. The molecule has 1 aliphatic carbocycles. The van der Waals surface area contributed by atoms with Crippen LogP contribution in [0.4, 0.5) is 0 Å². The maximum absolute atomic E-state index is 6.18. The van der Waals surface area contributed by atoms with E-state index >= 15 is 0 Å². The Morgan fingerprint density at radius 1 is 1.21 bits per heavy atom. The number of ether oxygens (including phenoxy) is 2. The van der Waals surface area contributed by atoms with Crippen molar-refractivity contribution in [1.82, 2.24) is 0 Å². The Bertz CT molecular complexity index is 427. The van der Waals surface area contributed by atoms with Crippen LogP contribution in [0.1, 0.15) is 42.9 Å². The zero-order valence-electron chi connectivity index (χ0n) is 11.4. The fraction of sp³-hybridized carbons (Fsp3) is 0.625. The maximum Gasteiger partial charge on any atom is 0.122 e. The van der Waals surface area contributed by atoms with Crippen LogP contribution in [0, 0.1) is 5.92 Å². The first-order chi connectivity index (χ1) is 9.34. The number of hydrogen-bond donors (Lipinski definition) is 1. The first-order valence-electron chi connectivity index (χ1n) is 7.42. The van der Waals surface area contributed by atoms with Crippen LogP contribution in [-0.4, -0.2) is 19.8 Å². The smallest absolute Gasteiger partial charge is 0.122 e. The van der Waals surface area contributed by atoms with Gasteiger partial charge in [0.2, 0.25) is 0 Å². The lowest BCUT2D eigenvalue weighted by Crippen LogP contribution is -2.22. The van der Waals surface area contributed by atoms with Crippen LogP contribution in [-0.2, 0) is 11.2 Å². The third-order valence-electron chi connectivity index (χ3n) is 4.33. The third-order valence-corrected chi connectivity index (χ3v) is 4.33. The highest BCUT2D eigenvalue weighted by molar-refractivity contribution is 5.43. The Balaban J connectivity index is 1.69. The Morgan fingerprint density at radius 2 is 2.05 bits per heavy atom. The molecule has 1 aliphatic heterocycles. The van der Waals surface area contributed by atoms with Gasteiger partial charge in [-0.25, -0.2) is 0 Å². The summed E-state index contributed by atoms with van der Waals surface area (Å²) in [5, 5.41) is 0. The van der Waals surface area contributed by atoms with Gasteiger partial charge in [-0.15, -0.1) is 0 Å². The minimum atomic E-state index is 0.190. The monoisotopic (exact) mass is 261 g/mol. The van der Waals surface area contributed by atoms with Gasteiger partial charge in [0.05, 0.1) is 6.61 Å². The van der Waals surface area contributed by atoms with E-state index in [0.717, 1.165) is 51.3 Å². The molecule has 104 valence electrons. The van der Waals surface area contributed by atoms with Crippen molar-refractivity contribution in [3.63, 3.8) is 0 Å². The molecule has 3 nitrogen and oxygen atoms in total. The summed E-state index contributed by atoms with van der Waals surface area (Å²) in [6.07, 6.45) is 5.61. The Morgan fingerprint density at radius 3 is 2.89 bits per heavy atom. The third kappa shape index (κ3) is 2.93. The van der Waals surface area contributed by atoms with Crippen molar-refractivity contribution in [2.24, 2.45) is 11.7 Å². The van der Waals surface area contributed by atoms with Gasteiger partial charge in [-0.3, -0.25) is 0 Å². The molecule has 0 amide bonds. The number of nitrogens with two attached hydrogens (primary N) is 1. The number of fused-ring (bicyclic) bond motifs is 1. The van der Waals surface area contributed by atoms with Crippen LogP contribution in [0.25, 0.3) is 0 Å². The number of rotatable bonds is 3. The molecule has 1 aromatic rings. The molecule has 0 aromatic heterocycles. The van der Waals surface area contributed by atoms with E-state index in [-0.39, 0.29) is 6.04 Å². The molecule has 0 radical (unpaired) electrons. The van der Waals surface area contributed by atoms with Gasteiger partial charge < -0.3 is 15.2 Å². The zero-order chi connectivity index (χ0) is 13.1. The molecular formula is C16H23NO2. The maximum atomic E-state index is 6.18. The first-order valence-corrected chi connectivity index (χ1v) is 7.42. The summed E-state index contributed by atoms with van der Waals surface area (Å²) < 4.78 is 11.5. The predicted molar refractivity (Wildman–Crippen MR) is 75.3 cm³/mol. The topological polar surface area (TPSA) is 44.5 Å². The lowest BCUT2D eigenvalue weighted by molar-refractivity contribution is 0.0495. The summed E-state index contributed by atoms with van der Waals surface area (Å²) in [5.41, 5.74) is 8.81. The minimum absolute atomic E-state index is 0.190. The Labute approximate surface area is 115 Å². The highest BCUT2D eigenvalue weighted by Gasteiger charge is 2.21. The molecule has 1 saturated heterocycles. The molecule has 3 heteroatoms. The second-order valence-corrected chi connectivity index (χ2v) is 5.69. The van der Waals surface area contributed by atoms with E-state index in [1.165, 1.54) is 17.5 Å². The standard InChI is InChI=1S/C16H23NO2/c17-15-5-1-4-14-13(15)3-2-6-16(14)19-11-12-7-9-18-10-8-12/h2-3,6,12,15H,1,4-5,7-11,17H2. The van der Waals surface area contributed by atoms with Gasteiger partial charge in [-0.2, -0.15) is 0 Å². The molecule has 0 saturated carbocycles. The Hall–Kier alpha value is -1.06. The van der Waals surface area contributed by atoms with E-state index in [2.05, 4.69) is 18.2 Å². The van der Waals surface area contributed by atoms with E-state index in [1.807, 2.05) is 0 Å². The molecule has 1 unspecified atom stereocenters. The van der Waals surface area contributed by atoms with Crippen LogP contribution in [0.3, 0.4) is 0 Å². The molecule has 19 heavy (non-hydrogen) atoms. The van der Waals surface area contributed by atoms with Gasteiger partial charge in [-0.05, 0) is 55.2 Å². The fourth-order valence-corrected chi connectivity index (χ4v) is 3.11. The van der Waals surface area contributed by atoms with Crippen molar-refractivity contribution in [2.75, 3.05) is 19.8 Å². The average Bonchev–Trinajstić information content (AvgIpc) is 2.47. The molecular weight excluding hydrogens is 238 g/mol. The van der Waals surface area contributed by atoms with Crippen molar-refractivity contribution < 1.29 is 9.47 Å². The molecule has 1 atom stereocenters. The van der Waals surface area contributed by atoms with Gasteiger partial charge >= 0.3 is 0 Å². The summed E-state index contributed by atoms with van der Waals surface area (Å²) in [6.45, 7) is 2.58. The van der Waals surface area contributed by atoms with Gasteiger partial charge in [0, 0.05) is 19.3 Å². The van der Waals surface area contributed by atoms with Crippen LogP contribution < -0.4 is 10.5 Å². The quantitative estimate of drug-likeness (QED) is 0.910. The molecule has 1 aromatic carbocycles. The van der Waals surface area contributed by atoms with Crippen LogP contribution in [0.2, 0.25) is 0 Å². The number of benzene rings is 1. The van der Waals surface area contributed by atoms with Gasteiger partial charge in [0.25, 0.3) is 0 Å². The lowest BCUT2D eigenvalue weighted by atomic mass is 9.87. The van der Waals surface area contributed by atoms with E-state index in [4.69, 9.17) is 15.2 Å². The van der Waals surface area contributed by atoms with Crippen molar-refractivity contribution in [2.45, 2.75) is 38.1 Å².